The Morgan fingerprint density at radius 2 is 1.42 bits per heavy atom. The van der Waals surface area contributed by atoms with E-state index < -0.39 is 0 Å². The molecule has 0 amide bonds. The molecule has 1 aliphatic rings. The van der Waals surface area contributed by atoms with Crippen LogP contribution in [0, 0.1) is 0 Å². The molecule has 0 atom stereocenters. The van der Waals surface area contributed by atoms with Gasteiger partial charge in [0.1, 0.15) is 5.39 Å². The lowest BCUT2D eigenvalue weighted by molar-refractivity contribution is 0.620. The molecule has 0 unspecified atom stereocenters. The van der Waals surface area contributed by atoms with Crippen LogP contribution in [0.5, 0.6) is 0 Å². The third-order valence-electron chi connectivity index (χ3n) is 5.74. The first-order chi connectivity index (χ1) is 16.3. The predicted octanol–water partition coefficient (Wildman–Crippen LogP) is 1.41. The van der Waals surface area contributed by atoms with Crippen LogP contribution >= 0.6 is 0 Å². The number of hydrogen-bond donors (Lipinski definition) is 1. The molecule has 3 aromatic heterocycles. The molecule has 1 fully saturated rings. The minimum atomic E-state index is -0.201. The number of nitrogens with zero attached hydrogens (tertiary/aromatic N) is 9. The van der Waals surface area contributed by atoms with E-state index in [2.05, 4.69) is 35.4 Å². The van der Waals surface area contributed by atoms with Gasteiger partial charge in [0, 0.05) is 26.2 Å². The minimum Gasteiger partial charge on any atom is -0.339 e. The molecule has 0 bridgehead atoms. The van der Waals surface area contributed by atoms with E-state index >= 15 is 0 Å². The van der Waals surface area contributed by atoms with Crippen LogP contribution in [-0.4, -0.2) is 66.1 Å². The Hall–Kier alpha value is -4.54. The second-order valence-electron chi connectivity index (χ2n) is 7.72. The van der Waals surface area contributed by atoms with Crippen LogP contribution in [0.3, 0.4) is 0 Å². The third kappa shape index (κ3) is 3.39. The second-order valence-corrected chi connectivity index (χ2v) is 7.72. The van der Waals surface area contributed by atoms with Crippen LogP contribution in [-0.2, 0) is 0 Å². The minimum absolute atomic E-state index is 0.201. The number of para-hydroxylation sites is 2. The smallest absolute Gasteiger partial charge is 0.263 e. The van der Waals surface area contributed by atoms with E-state index in [1.807, 2.05) is 60.7 Å². The number of aromatic amines is 1. The van der Waals surface area contributed by atoms with E-state index in [4.69, 9.17) is 4.98 Å². The molecular formula is C22H20N10O. The van der Waals surface area contributed by atoms with Gasteiger partial charge < -0.3 is 9.80 Å². The van der Waals surface area contributed by atoms with Gasteiger partial charge >= 0.3 is 0 Å². The number of anilines is 2. The summed E-state index contributed by atoms with van der Waals surface area (Å²) in [6.07, 6.45) is 1.55. The normalized spacial score (nSPS) is 14.2. The molecule has 1 saturated heterocycles. The number of fused-ring (bicyclic) bond motifs is 1. The molecule has 4 heterocycles. The average Bonchev–Trinajstić information content (AvgIpc) is 3.53. The number of nitrogens with one attached hydrogen (secondary N) is 1. The van der Waals surface area contributed by atoms with E-state index in [0.717, 1.165) is 11.4 Å². The highest BCUT2D eigenvalue weighted by Crippen LogP contribution is 2.20. The van der Waals surface area contributed by atoms with Crippen molar-refractivity contribution in [1.29, 1.82) is 0 Å². The van der Waals surface area contributed by atoms with E-state index in [0.29, 0.717) is 49.1 Å². The molecule has 0 aliphatic carbocycles. The number of piperazine rings is 1. The number of aromatic nitrogens is 8. The quantitative estimate of drug-likeness (QED) is 0.446. The molecule has 11 nitrogen and oxygen atoms in total. The first-order valence-corrected chi connectivity index (χ1v) is 10.6. The fourth-order valence-corrected chi connectivity index (χ4v) is 4.05. The predicted molar refractivity (Wildman–Crippen MR) is 123 cm³/mol. The first-order valence-electron chi connectivity index (χ1n) is 10.6. The van der Waals surface area contributed by atoms with Crippen molar-refractivity contribution in [2.45, 2.75) is 0 Å². The van der Waals surface area contributed by atoms with Crippen LogP contribution < -0.4 is 15.4 Å². The zero-order chi connectivity index (χ0) is 22.2. The number of tetrazole rings is 1. The highest BCUT2D eigenvalue weighted by molar-refractivity contribution is 5.76. The summed E-state index contributed by atoms with van der Waals surface area (Å²) in [5.74, 6) is 1.23. The Bertz CT molecular complexity index is 1450. The molecule has 164 valence electrons. The summed E-state index contributed by atoms with van der Waals surface area (Å²) in [6, 6.07) is 19.5. The molecule has 33 heavy (non-hydrogen) atoms. The highest BCUT2D eigenvalue weighted by atomic mass is 16.1. The van der Waals surface area contributed by atoms with E-state index in [1.165, 1.54) is 0 Å². The van der Waals surface area contributed by atoms with E-state index in [1.54, 1.807) is 15.6 Å². The lowest BCUT2D eigenvalue weighted by Gasteiger charge is -2.35. The van der Waals surface area contributed by atoms with Crippen molar-refractivity contribution in [3.8, 4) is 11.4 Å². The van der Waals surface area contributed by atoms with Crippen molar-refractivity contribution < 1.29 is 0 Å². The van der Waals surface area contributed by atoms with Crippen molar-refractivity contribution >= 4 is 22.9 Å². The topological polar surface area (TPSA) is 114 Å². The van der Waals surface area contributed by atoms with Gasteiger partial charge in [0.2, 0.25) is 11.9 Å². The Labute approximate surface area is 187 Å². The summed E-state index contributed by atoms with van der Waals surface area (Å²) < 4.78 is 3.43. The van der Waals surface area contributed by atoms with Crippen molar-refractivity contribution in [3.05, 3.63) is 77.2 Å². The fourth-order valence-electron chi connectivity index (χ4n) is 4.05. The molecule has 0 radical (unpaired) electrons. The van der Waals surface area contributed by atoms with Gasteiger partial charge in [-0.2, -0.15) is 14.8 Å². The maximum atomic E-state index is 12.7. The van der Waals surface area contributed by atoms with Gasteiger partial charge in [-0.15, -0.1) is 0 Å². The summed E-state index contributed by atoms with van der Waals surface area (Å²) in [5.41, 5.74) is 2.10. The van der Waals surface area contributed by atoms with Gasteiger partial charge in [0.05, 0.1) is 17.6 Å². The van der Waals surface area contributed by atoms with E-state index in [9.17, 15) is 4.79 Å². The van der Waals surface area contributed by atoms with Gasteiger partial charge in [-0.1, -0.05) is 41.5 Å². The van der Waals surface area contributed by atoms with Crippen molar-refractivity contribution in [2.24, 2.45) is 0 Å². The molecule has 2 aromatic carbocycles. The largest absolute Gasteiger partial charge is 0.339 e. The average molecular weight is 440 g/mol. The van der Waals surface area contributed by atoms with Crippen molar-refractivity contribution in [1.82, 2.24) is 40.0 Å². The number of benzene rings is 2. The first kappa shape index (κ1) is 19.2. The van der Waals surface area contributed by atoms with Gasteiger partial charge in [-0.3, -0.25) is 9.78 Å². The number of rotatable bonds is 4. The monoisotopic (exact) mass is 440 g/mol. The SMILES string of the molecule is O=c1[nH]c(N2CCN(c3nnnn3-c3ccccc3)CC2)nc2c1cnn2-c1ccccc1. The standard InChI is InChI=1S/C22H20N10O/c33-20-18-15-23-31(16-7-3-1-4-8-16)19(18)24-21(25-20)29-11-13-30(14-12-29)22-26-27-28-32(22)17-9-5-2-6-10-17/h1-10,15H,11-14H2,(H,24,25,33). The maximum absolute atomic E-state index is 12.7. The summed E-state index contributed by atoms with van der Waals surface area (Å²) >= 11 is 0. The van der Waals surface area contributed by atoms with Crippen LogP contribution in [0.1, 0.15) is 0 Å². The molecular weight excluding hydrogens is 420 g/mol. The third-order valence-corrected chi connectivity index (χ3v) is 5.74. The van der Waals surface area contributed by atoms with Gasteiger partial charge in [0.15, 0.2) is 5.65 Å². The highest BCUT2D eigenvalue weighted by Gasteiger charge is 2.24. The summed E-state index contributed by atoms with van der Waals surface area (Å²) in [5, 5.41) is 17.1. The Kier molecular flexibility index (Phi) is 4.57. The van der Waals surface area contributed by atoms with Crippen LogP contribution in [0.25, 0.3) is 22.4 Å². The molecule has 11 heteroatoms. The Morgan fingerprint density at radius 3 is 2.12 bits per heavy atom. The zero-order valence-corrected chi connectivity index (χ0v) is 17.6. The Balaban J connectivity index is 1.26. The van der Waals surface area contributed by atoms with Gasteiger partial charge in [0.25, 0.3) is 5.56 Å². The van der Waals surface area contributed by atoms with E-state index in [-0.39, 0.29) is 5.56 Å². The zero-order valence-electron chi connectivity index (χ0n) is 17.6. The van der Waals surface area contributed by atoms with Crippen molar-refractivity contribution in [2.75, 3.05) is 36.0 Å². The van der Waals surface area contributed by atoms with Gasteiger partial charge in [-0.25, -0.2) is 4.68 Å². The fraction of sp³-hybridized carbons (Fsp3) is 0.182. The molecule has 0 spiro atoms. The lowest BCUT2D eigenvalue weighted by Crippen LogP contribution is -2.48. The number of H-pyrrole nitrogens is 1. The summed E-state index contributed by atoms with van der Waals surface area (Å²) in [7, 11) is 0. The molecule has 0 saturated carbocycles. The second kappa shape index (κ2) is 7.86. The molecule has 1 N–H and O–H groups in total. The van der Waals surface area contributed by atoms with Crippen molar-refractivity contribution in [3.63, 3.8) is 0 Å². The number of hydrogen-bond acceptors (Lipinski definition) is 8. The molecule has 6 rings (SSSR count). The van der Waals surface area contributed by atoms with Crippen LogP contribution in [0.4, 0.5) is 11.9 Å². The lowest BCUT2D eigenvalue weighted by atomic mass is 10.3. The summed E-state index contributed by atoms with van der Waals surface area (Å²) in [4.78, 5) is 24.6. The Morgan fingerprint density at radius 1 is 0.788 bits per heavy atom. The van der Waals surface area contributed by atoms with Gasteiger partial charge in [-0.05, 0) is 34.7 Å². The molecule has 5 aromatic rings. The van der Waals surface area contributed by atoms with Crippen LogP contribution in [0.15, 0.2) is 71.7 Å². The van der Waals surface area contributed by atoms with Crippen LogP contribution in [0.2, 0.25) is 0 Å². The molecule has 1 aliphatic heterocycles. The summed E-state index contributed by atoms with van der Waals surface area (Å²) in [6.45, 7) is 2.70. The maximum Gasteiger partial charge on any atom is 0.263 e.